The Kier molecular flexibility index (Phi) is 2.65. The van der Waals surface area contributed by atoms with Crippen molar-refractivity contribution in [1.82, 2.24) is 0 Å². The summed E-state index contributed by atoms with van der Waals surface area (Å²) in [4.78, 5) is 13.3. The van der Waals surface area contributed by atoms with E-state index in [1.165, 1.54) is 22.7 Å². The van der Waals surface area contributed by atoms with Crippen molar-refractivity contribution < 1.29 is 9.53 Å². The third-order valence-corrected chi connectivity index (χ3v) is 3.56. The smallest absolute Gasteiger partial charge is 0.212 e. The van der Waals surface area contributed by atoms with Gasteiger partial charge >= 0.3 is 0 Å². The molecule has 0 aliphatic rings. The van der Waals surface area contributed by atoms with Gasteiger partial charge in [-0.1, -0.05) is 6.07 Å². The van der Waals surface area contributed by atoms with Gasteiger partial charge in [0.05, 0.1) is 16.9 Å². The second kappa shape index (κ2) is 3.94. The normalized spacial score (nSPS) is 10.1. The maximum absolute atomic E-state index is 11.8. The Morgan fingerprint density at radius 3 is 2.79 bits per heavy atom. The molecule has 0 fully saturated rings. The molecule has 0 aliphatic heterocycles. The summed E-state index contributed by atoms with van der Waals surface area (Å²) in [6, 6.07) is 5.48. The van der Waals surface area contributed by atoms with Gasteiger partial charge in [0, 0.05) is 11.4 Å². The van der Waals surface area contributed by atoms with Crippen LogP contribution in [0, 0.1) is 0 Å². The minimum Gasteiger partial charge on any atom is -0.496 e. The average molecular weight is 224 g/mol. The van der Waals surface area contributed by atoms with Crippen LogP contribution >= 0.6 is 22.7 Å². The maximum Gasteiger partial charge on any atom is 0.212 e. The molecule has 2 aromatic heterocycles. The summed E-state index contributed by atoms with van der Waals surface area (Å²) >= 11 is 2.87. The van der Waals surface area contributed by atoms with Crippen molar-refractivity contribution in [2.45, 2.75) is 0 Å². The number of ether oxygens (including phenoxy) is 1. The lowest BCUT2D eigenvalue weighted by Crippen LogP contribution is -1.94. The molecule has 0 saturated carbocycles. The molecule has 0 aliphatic carbocycles. The number of carbonyl (C=O) groups is 1. The SMILES string of the molecule is COc1csc(C(=O)c2cccs2)c1. The van der Waals surface area contributed by atoms with Gasteiger partial charge in [-0.15, -0.1) is 22.7 Å². The van der Waals surface area contributed by atoms with E-state index in [1.807, 2.05) is 22.9 Å². The third-order valence-electron chi connectivity index (χ3n) is 1.78. The molecule has 0 amide bonds. The summed E-state index contributed by atoms with van der Waals surface area (Å²) in [6.07, 6.45) is 0. The van der Waals surface area contributed by atoms with Gasteiger partial charge in [0.25, 0.3) is 0 Å². The quantitative estimate of drug-likeness (QED) is 0.749. The van der Waals surface area contributed by atoms with Crippen LogP contribution in [-0.4, -0.2) is 12.9 Å². The number of hydrogen-bond donors (Lipinski definition) is 0. The van der Waals surface area contributed by atoms with Crippen LogP contribution in [0.4, 0.5) is 0 Å². The zero-order valence-electron chi connectivity index (χ0n) is 7.52. The lowest BCUT2D eigenvalue weighted by atomic mass is 10.3. The number of carbonyl (C=O) groups excluding carboxylic acids is 1. The monoisotopic (exact) mass is 224 g/mol. The average Bonchev–Trinajstić information content (AvgIpc) is 2.88. The number of rotatable bonds is 3. The predicted octanol–water partition coefficient (Wildman–Crippen LogP) is 3.05. The molecule has 2 nitrogen and oxygen atoms in total. The molecule has 4 heteroatoms. The molecular weight excluding hydrogens is 216 g/mol. The van der Waals surface area contributed by atoms with E-state index < -0.39 is 0 Å². The summed E-state index contributed by atoms with van der Waals surface area (Å²) in [5.74, 6) is 0.822. The van der Waals surface area contributed by atoms with Crippen molar-refractivity contribution in [2.75, 3.05) is 7.11 Å². The van der Waals surface area contributed by atoms with Crippen LogP contribution in [0.3, 0.4) is 0 Å². The van der Waals surface area contributed by atoms with E-state index in [2.05, 4.69) is 0 Å². The van der Waals surface area contributed by atoms with Crippen LogP contribution in [0.1, 0.15) is 14.5 Å². The molecule has 2 aromatic rings. The number of thiophene rings is 2. The molecule has 2 rings (SSSR count). The van der Waals surface area contributed by atoms with Gasteiger partial charge in [0.1, 0.15) is 5.75 Å². The van der Waals surface area contributed by atoms with Crippen molar-refractivity contribution in [3.8, 4) is 5.75 Å². The Balaban J connectivity index is 2.28. The topological polar surface area (TPSA) is 26.3 Å². The number of methoxy groups -OCH3 is 1. The highest BCUT2D eigenvalue weighted by atomic mass is 32.1. The first-order valence-electron chi connectivity index (χ1n) is 4.02. The van der Waals surface area contributed by atoms with Crippen LogP contribution in [0.15, 0.2) is 29.0 Å². The van der Waals surface area contributed by atoms with Crippen molar-refractivity contribution in [3.63, 3.8) is 0 Å². The fraction of sp³-hybridized carbons (Fsp3) is 0.100. The Bertz CT molecular complexity index is 429. The molecule has 72 valence electrons. The highest BCUT2D eigenvalue weighted by Gasteiger charge is 2.12. The van der Waals surface area contributed by atoms with Crippen LogP contribution in [0.25, 0.3) is 0 Å². The summed E-state index contributed by atoms with van der Waals surface area (Å²) in [6.45, 7) is 0. The summed E-state index contributed by atoms with van der Waals surface area (Å²) < 4.78 is 5.02. The van der Waals surface area contributed by atoms with E-state index in [-0.39, 0.29) is 5.78 Å². The van der Waals surface area contributed by atoms with E-state index in [9.17, 15) is 4.79 Å². The lowest BCUT2D eigenvalue weighted by Gasteiger charge is -1.91. The first-order chi connectivity index (χ1) is 6.81. The second-order valence-corrected chi connectivity index (χ2v) is 4.52. The van der Waals surface area contributed by atoms with Crippen LogP contribution < -0.4 is 4.74 Å². The van der Waals surface area contributed by atoms with E-state index in [0.717, 1.165) is 15.5 Å². The Labute approximate surface area is 89.8 Å². The predicted molar refractivity (Wildman–Crippen MR) is 58.6 cm³/mol. The third kappa shape index (κ3) is 1.71. The van der Waals surface area contributed by atoms with Crippen molar-refractivity contribution in [3.05, 3.63) is 38.7 Å². The highest BCUT2D eigenvalue weighted by Crippen LogP contribution is 2.25. The highest BCUT2D eigenvalue weighted by molar-refractivity contribution is 7.15. The van der Waals surface area contributed by atoms with Gasteiger partial charge in [-0.3, -0.25) is 4.79 Å². The largest absolute Gasteiger partial charge is 0.496 e. The summed E-state index contributed by atoms with van der Waals surface area (Å²) in [5.41, 5.74) is 0. The van der Waals surface area contributed by atoms with Gasteiger partial charge in [-0.2, -0.15) is 0 Å². The van der Waals surface area contributed by atoms with Gasteiger partial charge in [0.15, 0.2) is 0 Å². The van der Waals surface area contributed by atoms with Gasteiger partial charge in [-0.05, 0) is 11.4 Å². The van der Waals surface area contributed by atoms with Crippen LogP contribution in [0.5, 0.6) is 5.75 Å². The molecule has 0 bridgehead atoms. The van der Waals surface area contributed by atoms with E-state index in [1.54, 1.807) is 13.2 Å². The van der Waals surface area contributed by atoms with E-state index in [4.69, 9.17) is 4.74 Å². The number of hydrogen-bond acceptors (Lipinski definition) is 4. The molecule has 0 aromatic carbocycles. The Morgan fingerprint density at radius 2 is 2.21 bits per heavy atom. The summed E-state index contributed by atoms with van der Waals surface area (Å²) in [7, 11) is 1.60. The minimum atomic E-state index is 0.0771. The molecule has 14 heavy (non-hydrogen) atoms. The van der Waals surface area contributed by atoms with Crippen molar-refractivity contribution in [2.24, 2.45) is 0 Å². The zero-order valence-corrected chi connectivity index (χ0v) is 9.15. The molecule has 0 radical (unpaired) electrons. The van der Waals surface area contributed by atoms with Crippen molar-refractivity contribution >= 4 is 28.5 Å². The number of ketones is 1. The van der Waals surface area contributed by atoms with Crippen LogP contribution in [0.2, 0.25) is 0 Å². The first-order valence-corrected chi connectivity index (χ1v) is 5.78. The van der Waals surface area contributed by atoms with Crippen molar-refractivity contribution in [1.29, 1.82) is 0 Å². The standard InChI is InChI=1S/C10H8O2S2/c1-12-7-5-9(14-6-7)10(11)8-3-2-4-13-8/h2-6H,1H3. The lowest BCUT2D eigenvalue weighted by molar-refractivity contribution is 0.104. The van der Waals surface area contributed by atoms with Gasteiger partial charge in [0.2, 0.25) is 5.78 Å². The van der Waals surface area contributed by atoms with E-state index >= 15 is 0 Å². The molecule has 0 unspecified atom stereocenters. The zero-order chi connectivity index (χ0) is 9.97. The van der Waals surface area contributed by atoms with Gasteiger partial charge < -0.3 is 4.74 Å². The Morgan fingerprint density at radius 1 is 1.36 bits per heavy atom. The molecule has 0 N–H and O–H groups in total. The van der Waals surface area contributed by atoms with E-state index in [0.29, 0.717) is 0 Å². The molecular formula is C10H8O2S2. The Hall–Kier alpha value is -1.13. The first kappa shape index (κ1) is 9.43. The summed E-state index contributed by atoms with van der Waals surface area (Å²) in [5, 5.41) is 3.74. The fourth-order valence-corrected chi connectivity index (χ4v) is 2.63. The van der Waals surface area contributed by atoms with Crippen LogP contribution in [-0.2, 0) is 0 Å². The molecule has 2 heterocycles. The molecule has 0 spiro atoms. The molecule has 0 saturated heterocycles. The molecule has 0 atom stereocenters. The minimum absolute atomic E-state index is 0.0771. The maximum atomic E-state index is 11.8. The second-order valence-electron chi connectivity index (χ2n) is 2.66. The van der Waals surface area contributed by atoms with Gasteiger partial charge in [-0.25, -0.2) is 0 Å². The fourth-order valence-electron chi connectivity index (χ4n) is 1.07.